The van der Waals surface area contributed by atoms with Crippen LogP contribution in [-0.2, 0) is 23.8 Å². The van der Waals surface area contributed by atoms with Crippen LogP contribution < -0.4 is 4.72 Å². The number of nitrogens with one attached hydrogen (secondary N) is 1. The predicted octanol–water partition coefficient (Wildman–Crippen LogP) is 15.2. The Balaban J connectivity index is 0.00000228. The number of esters is 1. The summed E-state index contributed by atoms with van der Waals surface area (Å²) in [6, 6.07) is 0. The Morgan fingerprint density at radius 1 is 0.633 bits per heavy atom. The zero-order valence-electron chi connectivity index (χ0n) is 40.9. The van der Waals surface area contributed by atoms with Crippen molar-refractivity contribution in [2.45, 2.75) is 276 Å². The molecule has 2 atom stereocenters. The monoisotopic (exact) mass is 869 g/mol. The molecular weight excluding hydrogens is 765 g/mol. The number of hydrogen-bond donors (Lipinski definition) is 1. The van der Waals surface area contributed by atoms with Crippen molar-refractivity contribution in [1.29, 1.82) is 0 Å². The van der Waals surface area contributed by atoms with Crippen LogP contribution in [-0.4, -0.2) is 81.1 Å². The molecule has 1 aliphatic heterocycles. The highest BCUT2D eigenvalue weighted by Crippen LogP contribution is 2.20. The Morgan fingerprint density at radius 2 is 1.10 bits per heavy atom. The first-order valence-corrected chi connectivity index (χ1v) is 27.3. The fourth-order valence-corrected chi connectivity index (χ4v) is 9.05. The molecule has 1 aliphatic rings. The summed E-state index contributed by atoms with van der Waals surface area (Å²) in [5.74, 6) is 0.0385. The van der Waals surface area contributed by atoms with E-state index in [-0.39, 0.29) is 12.1 Å². The number of carbonyl (C=O) groups excluding carboxylic acids is 2. The van der Waals surface area contributed by atoms with Crippen LogP contribution in [0.4, 0.5) is 0 Å². The molecule has 1 heterocycles. The van der Waals surface area contributed by atoms with Crippen molar-refractivity contribution in [3.05, 3.63) is 0 Å². The molecule has 7 nitrogen and oxygen atoms in total. The maximum absolute atomic E-state index is 12.7. The first kappa shape index (κ1) is 59.3. The lowest BCUT2D eigenvalue weighted by Crippen LogP contribution is -2.29. The van der Waals surface area contributed by atoms with Gasteiger partial charge in [-0.2, -0.15) is 0 Å². The number of methoxy groups -OCH3 is 1. The normalized spacial score (nSPS) is 14.5. The second-order valence-electron chi connectivity index (χ2n) is 18.0. The minimum absolute atomic E-state index is 0.0385. The Kier molecular flexibility index (Phi) is 48.8. The van der Waals surface area contributed by atoms with Crippen LogP contribution in [0, 0.1) is 0 Å². The van der Waals surface area contributed by atoms with Crippen LogP contribution in [0.15, 0.2) is 0 Å². The van der Waals surface area contributed by atoms with Crippen molar-refractivity contribution in [3.63, 3.8) is 0 Å². The van der Waals surface area contributed by atoms with Crippen LogP contribution in [0.5, 0.6) is 0 Å². The average Bonchev–Trinajstić information content (AvgIpc) is 3.78. The first-order valence-electron chi connectivity index (χ1n) is 26.4. The summed E-state index contributed by atoms with van der Waals surface area (Å²) in [4.78, 5) is 26.0. The highest BCUT2D eigenvalue weighted by molar-refractivity contribution is 7.98. The molecule has 1 N–H and O–H groups in total. The van der Waals surface area contributed by atoms with E-state index >= 15 is 0 Å². The standard InChI is InChI=1S/C40H78N2O4S.C12H26O/c1-3-5-7-9-14-20-27-38(28-21-15-10-8-6-4-2)46-40(44)29-22-16-13-18-24-33-42(32-23-17-11-12-19-25-35-43)34-26-31-41-47-39-30-36-45-37-39;1-4-6-7-8-9-10-11-12(5-2)13-3/h35,38-39,41H,3-34,36-37H2,1-2H3;12H,4-11H2,1-3H3. The summed E-state index contributed by atoms with van der Waals surface area (Å²) in [5, 5.41) is 0.615. The second-order valence-corrected chi connectivity index (χ2v) is 19.2. The number of aldehydes is 1. The Labute approximate surface area is 379 Å². The fourth-order valence-electron chi connectivity index (χ4n) is 8.17. The van der Waals surface area contributed by atoms with E-state index in [0.717, 1.165) is 77.5 Å². The number of hydrogen-bond acceptors (Lipinski definition) is 8. The Morgan fingerprint density at radius 3 is 1.58 bits per heavy atom. The van der Waals surface area contributed by atoms with Crippen molar-refractivity contribution in [2.75, 3.05) is 46.5 Å². The van der Waals surface area contributed by atoms with Crippen molar-refractivity contribution in [3.8, 4) is 0 Å². The van der Waals surface area contributed by atoms with Gasteiger partial charge in [-0.1, -0.05) is 181 Å². The zero-order chi connectivity index (χ0) is 43.8. The number of rotatable bonds is 46. The molecule has 0 aromatic carbocycles. The molecule has 358 valence electrons. The number of ether oxygens (including phenoxy) is 3. The van der Waals surface area contributed by atoms with Gasteiger partial charge in [-0.3, -0.25) is 9.52 Å². The molecule has 0 amide bonds. The van der Waals surface area contributed by atoms with E-state index in [1.165, 1.54) is 186 Å². The second kappa shape index (κ2) is 49.3. The number of unbranched alkanes of at least 4 members (excludes halogenated alkanes) is 24. The molecule has 1 fully saturated rings. The van der Waals surface area contributed by atoms with Gasteiger partial charge < -0.3 is 23.9 Å². The van der Waals surface area contributed by atoms with Gasteiger partial charge in [0.15, 0.2) is 0 Å². The number of nitrogens with zero attached hydrogens (tertiary/aromatic N) is 1. The molecule has 0 saturated carbocycles. The van der Waals surface area contributed by atoms with Gasteiger partial charge in [0.1, 0.15) is 12.4 Å². The van der Waals surface area contributed by atoms with E-state index in [1.807, 2.05) is 19.1 Å². The van der Waals surface area contributed by atoms with Crippen molar-refractivity contribution >= 4 is 24.2 Å². The molecule has 2 unspecified atom stereocenters. The average molecular weight is 869 g/mol. The van der Waals surface area contributed by atoms with Gasteiger partial charge >= 0.3 is 5.97 Å². The third-order valence-electron chi connectivity index (χ3n) is 12.3. The van der Waals surface area contributed by atoms with Crippen molar-refractivity contribution in [1.82, 2.24) is 9.62 Å². The van der Waals surface area contributed by atoms with Gasteiger partial charge in [0.25, 0.3) is 0 Å². The quantitative estimate of drug-likeness (QED) is 0.0281. The zero-order valence-corrected chi connectivity index (χ0v) is 41.7. The van der Waals surface area contributed by atoms with Crippen molar-refractivity contribution < 1.29 is 23.8 Å². The molecule has 1 rings (SSSR count). The van der Waals surface area contributed by atoms with E-state index in [2.05, 4.69) is 37.3 Å². The molecule has 0 spiro atoms. The minimum Gasteiger partial charge on any atom is -0.462 e. The van der Waals surface area contributed by atoms with Gasteiger partial charge in [0, 0.05) is 38.4 Å². The van der Waals surface area contributed by atoms with E-state index < -0.39 is 0 Å². The molecule has 1 saturated heterocycles. The molecule has 0 bridgehead atoms. The lowest BCUT2D eigenvalue weighted by molar-refractivity contribution is -0.150. The molecular formula is C52H104N2O5S. The lowest BCUT2D eigenvalue weighted by atomic mass is 10.0. The third kappa shape index (κ3) is 42.6. The molecule has 0 aromatic heterocycles. The number of carbonyl (C=O) groups is 2. The fraction of sp³-hybridized carbons (Fsp3) is 0.962. The van der Waals surface area contributed by atoms with Gasteiger partial charge in [0.2, 0.25) is 0 Å². The molecule has 60 heavy (non-hydrogen) atoms. The largest absolute Gasteiger partial charge is 0.462 e. The third-order valence-corrected chi connectivity index (χ3v) is 13.3. The van der Waals surface area contributed by atoms with Gasteiger partial charge in [-0.05, 0) is 96.7 Å². The van der Waals surface area contributed by atoms with Crippen LogP contribution in [0.25, 0.3) is 0 Å². The van der Waals surface area contributed by atoms with E-state index in [0.29, 0.717) is 24.2 Å². The van der Waals surface area contributed by atoms with Crippen LogP contribution in [0.1, 0.15) is 259 Å². The first-order chi connectivity index (χ1) is 29.5. The minimum atomic E-state index is 0.0385. The van der Waals surface area contributed by atoms with E-state index in [9.17, 15) is 9.59 Å². The molecule has 8 heteroatoms. The summed E-state index contributed by atoms with van der Waals surface area (Å²) in [6.45, 7) is 15.4. The highest BCUT2D eigenvalue weighted by atomic mass is 32.2. The van der Waals surface area contributed by atoms with Gasteiger partial charge in [-0.25, -0.2) is 0 Å². The maximum Gasteiger partial charge on any atom is 0.306 e. The summed E-state index contributed by atoms with van der Waals surface area (Å²) in [6.07, 6.45) is 45.4. The Hall–Kier alpha value is -0.670. The molecule has 0 aliphatic carbocycles. The van der Waals surface area contributed by atoms with Crippen LogP contribution >= 0.6 is 11.9 Å². The molecule has 0 radical (unpaired) electrons. The summed E-state index contributed by atoms with van der Waals surface area (Å²) in [5.41, 5.74) is 0. The van der Waals surface area contributed by atoms with E-state index in [4.69, 9.17) is 14.2 Å². The maximum atomic E-state index is 12.7. The SMILES string of the molecule is CCCCCCCCC(CC)OC.CCCCCCCCC(CCCCCCCC)OC(=O)CCCCCCCN(CCCCCCCC=O)CCCNSC1CCOC1. The van der Waals surface area contributed by atoms with E-state index in [1.54, 1.807) is 0 Å². The predicted molar refractivity (Wildman–Crippen MR) is 262 cm³/mol. The lowest BCUT2D eigenvalue weighted by Gasteiger charge is -2.22. The summed E-state index contributed by atoms with van der Waals surface area (Å²) in [7, 11) is 1.82. The highest BCUT2D eigenvalue weighted by Gasteiger charge is 2.16. The van der Waals surface area contributed by atoms with Gasteiger partial charge in [-0.15, -0.1) is 0 Å². The smallest absolute Gasteiger partial charge is 0.306 e. The molecule has 0 aromatic rings. The Bertz CT molecular complexity index is 840. The summed E-state index contributed by atoms with van der Waals surface area (Å²) >= 11 is 1.86. The van der Waals surface area contributed by atoms with Crippen LogP contribution in [0.3, 0.4) is 0 Å². The summed E-state index contributed by atoms with van der Waals surface area (Å²) < 4.78 is 20.4. The van der Waals surface area contributed by atoms with Gasteiger partial charge in [0.05, 0.1) is 12.7 Å². The topological polar surface area (TPSA) is 77.1 Å². The van der Waals surface area contributed by atoms with Crippen LogP contribution in [0.2, 0.25) is 0 Å². The van der Waals surface area contributed by atoms with Crippen molar-refractivity contribution in [2.24, 2.45) is 0 Å².